The van der Waals surface area contributed by atoms with E-state index < -0.39 is 117 Å². The van der Waals surface area contributed by atoms with Crippen LogP contribution in [0.3, 0.4) is 0 Å². The molecule has 17 nitrogen and oxygen atoms in total. The van der Waals surface area contributed by atoms with Crippen LogP contribution in [0.4, 0.5) is 0 Å². The molecule has 38 heavy (non-hydrogen) atoms. The number of ether oxygens (including phenoxy) is 5. The lowest BCUT2D eigenvalue weighted by Crippen LogP contribution is -2.68. The molecule has 11 N–H and O–H groups in total. The van der Waals surface area contributed by atoms with Gasteiger partial charge in [-0.05, 0) is 6.92 Å². The number of amides is 1. The van der Waals surface area contributed by atoms with E-state index in [2.05, 4.69) is 5.32 Å². The molecular formula is C21H37NO16. The summed E-state index contributed by atoms with van der Waals surface area (Å²) in [6, 6.07) is -1.42. The second kappa shape index (κ2) is 13.0. The van der Waals surface area contributed by atoms with Crippen molar-refractivity contribution in [1.82, 2.24) is 5.32 Å². The topological polar surface area (TPSA) is 278 Å². The first-order valence-electron chi connectivity index (χ1n) is 12.0. The van der Waals surface area contributed by atoms with Gasteiger partial charge in [-0.1, -0.05) is 0 Å². The van der Waals surface area contributed by atoms with Gasteiger partial charge in [-0.2, -0.15) is 0 Å². The van der Waals surface area contributed by atoms with Crippen LogP contribution in [-0.2, 0) is 28.5 Å². The van der Waals surface area contributed by atoms with Gasteiger partial charge in [0.15, 0.2) is 18.9 Å². The quantitative estimate of drug-likeness (QED) is 0.132. The average molecular weight is 560 g/mol. The van der Waals surface area contributed by atoms with Gasteiger partial charge >= 0.3 is 0 Å². The lowest BCUT2D eigenvalue weighted by atomic mass is 9.95. The summed E-state index contributed by atoms with van der Waals surface area (Å²) in [6.45, 7) is 0.923. The number of rotatable bonds is 8. The first-order chi connectivity index (χ1) is 17.8. The highest BCUT2D eigenvalue weighted by Gasteiger charge is 2.53. The Morgan fingerprint density at radius 3 is 1.87 bits per heavy atom. The van der Waals surface area contributed by atoms with Crippen molar-refractivity contribution in [3.63, 3.8) is 0 Å². The maximum Gasteiger partial charge on any atom is 0.217 e. The molecule has 3 aliphatic rings. The Morgan fingerprint density at radius 2 is 1.32 bits per heavy atom. The van der Waals surface area contributed by atoms with Crippen LogP contribution in [0.15, 0.2) is 0 Å². The normalized spacial score (nSPS) is 48.9. The van der Waals surface area contributed by atoms with Gasteiger partial charge in [0.2, 0.25) is 5.91 Å². The zero-order chi connectivity index (χ0) is 28.5. The van der Waals surface area contributed by atoms with Crippen LogP contribution >= 0.6 is 0 Å². The summed E-state index contributed by atoms with van der Waals surface area (Å²) in [5, 5.41) is 103. The van der Waals surface area contributed by atoms with Gasteiger partial charge in [0.1, 0.15) is 73.2 Å². The summed E-state index contributed by atoms with van der Waals surface area (Å²) < 4.78 is 27.7. The Morgan fingerprint density at radius 1 is 0.763 bits per heavy atom. The van der Waals surface area contributed by atoms with Crippen LogP contribution in [-0.4, -0.2) is 168 Å². The molecule has 16 atom stereocenters. The number of aliphatic hydroxyl groups is 10. The molecule has 0 spiro atoms. The van der Waals surface area contributed by atoms with Crippen LogP contribution in [0, 0.1) is 0 Å². The molecule has 0 aromatic carbocycles. The Balaban J connectivity index is 1.85. The first-order valence-corrected chi connectivity index (χ1v) is 12.0. The van der Waals surface area contributed by atoms with Gasteiger partial charge < -0.3 is 80.1 Å². The van der Waals surface area contributed by atoms with E-state index in [1.54, 1.807) is 0 Å². The van der Waals surface area contributed by atoms with Crippen LogP contribution < -0.4 is 5.32 Å². The maximum absolute atomic E-state index is 11.7. The van der Waals surface area contributed by atoms with Gasteiger partial charge in [0.05, 0.1) is 19.3 Å². The molecule has 0 bridgehead atoms. The number of nitrogens with one attached hydrogen (secondary N) is 1. The average Bonchev–Trinajstić information content (AvgIpc) is 2.87. The zero-order valence-electron chi connectivity index (χ0n) is 20.6. The molecule has 0 aromatic rings. The molecule has 3 heterocycles. The van der Waals surface area contributed by atoms with Crippen molar-refractivity contribution in [2.24, 2.45) is 0 Å². The molecule has 3 fully saturated rings. The smallest absolute Gasteiger partial charge is 0.217 e. The number of carbonyl (C=O) groups is 1. The van der Waals surface area contributed by atoms with Crippen LogP contribution in [0.5, 0.6) is 0 Å². The van der Waals surface area contributed by atoms with E-state index in [9.17, 15) is 55.9 Å². The molecule has 3 saturated heterocycles. The summed E-state index contributed by atoms with van der Waals surface area (Å²) in [6.07, 6.45) is -24.5. The largest absolute Gasteiger partial charge is 0.394 e. The van der Waals surface area contributed by atoms with E-state index in [0.29, 0.717) is 0 Å². The van der Waals surface area contributed by atoms with E-state index in [4.69, 9.17) is 23.7 Å². The summed E-state index contributed by atoms with van der Waals surface area (Å²) >= 11 is 0. The third kappa shape index (κ3) is 6.43. The maximum atomic E-state index is 11.7. The summed E-state index contributed by atoms with van der Waals surface area (Å²) in [5.74, 6) is -0.647. The number of aliphatic hydroxyl groups excluding tert-OH is 10. The zero-order valence-corrected chi connectivity index (χ0v) is 20.6. The van der Waals surface area contributed by atoms with E-state index in [1.807, 2.05) is 0 Å². The number of hydrogen-bond donors (Lipinski definition) is 11. The van der Waals surface area contributed by atoms with E-state index in [-0.39, 0.29) is 0 Å². The number of hydrogen-bond acceptors (Lipinski definition) is 16. The van der Waals surface area contributed by atoms with Crippen LogP contribution in [0.2, 0.25) is 0 Å². The second-order valence-electron chi connectivity index (χ2n) is 9.54. The minimum atomic E-state index is -1.88. The lowest BCUT2D eigenvalue weighted by molar-refractivity contribution is -0.370. The highest BCUT2D eigenvalue weighted by molar-refractivity contribution is 5.73. The summed E-state index contributed by atoms with van der Waals surface area (Å²) in [7, 11) is 0. The molecule has 0 aliphatic carbocycles. The van der Waals surface area contributed by atoms with E-state index >= 15 is 0 Å². The van der Waals surface area contributed by atoms with Crippen molar-refractivity contribution in [1.29, 1.82) is 0 Å². The fourth-order valence-corrected chi connectivity index (χ4v) is 4.62. The third-order valence-corrected chi connectivity index (χ3v) is 6.80. The second-order valence-corrected chi connectivity index (χ2v) is 9.54. The highest BCUT2D eigenvalue weighted by Crippen LogP contribution is 2.32. The predicted molar refractivity (Wildman–Crippen MR) is 117 cm³/mol. The third-order valence-electron chi connectivity index (χ3n) is 6.80. The van der Waals surface area contributed by atoms with Crippen molar-refractivity contribution < 1.29 is 79.5 Å². The van der Waals surface area contributed by atoms with Gasteiger partial charge in [-0.25, -0.2) is 0 Å². The summed E-state index contributed by atoms with van der Waals surface area (Å²) in [4.78, 5) is 11.7. The fraction of sp³-hybridized carbons (Fsp3) is 0.952. The SMILES string of the molecule is CC(=O)N[C@H]1[C@H](O[C@@H]2[C@@H](O[C@@H](C)[C@H]3O[C@@H](O)[C@H](O)[C@@H](O)[C@@H]3O)O[C@H](CO)[C@@H](O)[C@@H]2O)O[C@H](CO)[C@@H](O)[C@@H]1O. The van der Waals surface area contributed by atoms with Crippen molar-refractivity contribution in [2.75, 3.05) is 13.2 Å². The molecule has 3 rings (SSSR count). The van der Waals surface area contributed by atoms with E-state index in [1.165, 1.54) is 6.92 Å². The van der Waals surface area contributed by atoms with Crippen molar-refractivity contribution in [2.45, 2.75) is 112 Å². The Bertz CT molecular complexity index is 778. The van der Waals surface area contributed by atoms with Gasteiger partial charge in [-0.3, -0.25) is 4.79 Å². The van der Waals surface area contributed by atoms with Gasteiger partial charge in [0.25, 0.3) is 0 Å². The Labute approximate surface area is 216 Å². The molecule has 0 aromatic heterocycles. The lowest BCUT2D eigenvalue weighted by Gasteiger charge is -2.48. The summed E-state index contributed by atoms with van der Waals surface area (Å²) in [5.41, 5.74) is 0. The van der Waals surface area contributed by atoms with Crippen LogP contribution in [0.25, 0.3) is 0 Å². The first kappa shape index (κ1) is 31.4. The predicted octanol–water partition coefficient (Wildman–Crippen LogP) is -7.04. The van der Waals surface area contributed by atoms with Crippen molar-refractivity contribution in [3.05, 3.63) is 0 Å². The fourth-order valence-electron chi connectivity index (χ4n) is 4.62. The standard InChI is InChI=1S/C21H37NO16/c1-5(17-15(31)13(29)16(32)19(33)37-17)34-21-18(14(30)11(27)8(4-24)36-21)38-20-9(22-6(2)25)12(28)10(26)7(3-23)35-20/h5,7-21,23-24,26-33H,3-4H2,1-2H3,(H,22,25)/t5-,7+,8+,9+,10+,11+,12+,13-,14-,15-,16+,17+,18-,19+,20-,21-/m0/s1. The molecule has 17 heteroatoms. The molecule has 222 valence electrons. The molecule has 0 unspecified atom stereocenters. The minimum Gasteiger partial charge on any atom is -0.394 e. The number of carbonyl (C=O) groups excluding carboxylic acids is 1. The monoisotopic (exact) mass is 559 g/mol. The highest BCUT2D eigenvalue weighted by atomic mass is 16.8. The Kier molecular flexibility index (Phi) is 10.8. The Hall–Kier alpha value is -1.13. The molecule has 0 saturated carbocycles. The molecule has 0 radical (unpaired) electrons. The van der Waals surface area contributed by atoms with Crippen molar-refractivity contribution >= 4 is 5.91 Å². The molecular weight excluding hydrogens is 522 g/mol. The minimum absolute atomic E-state index is 0.647. The molecule has 1 amide bonds. The van der Waals surface area contributed by atoms with Crippen LogP contribution in [0.1, 0.15) is 13.8 Å². The molecule has 3 aliphatic heterocycles. The van der Waals surface area contributed by atoms with Gasteiger partial charge in [0, 0.05) is 6.92 Å². The van der Waals surface area contributed by atoms with E-state index in [0.717, 1.165) is 6.92 Å². The van der Waals surface area contributed by atoms with Gasteiger partial charge in [-0.15, -0.1) is 0 Å². The van der Waals surface area contributed by atoms with Crippen molar-refractivity contribution in [3.8, 4) is 0 Å².